The summed E-state index contributed by atoms with van der Waals surface area (Å²) in [4.78, 5) is 4.71. The van der Waals surface area contributed by atoms with Crippen LogP contribution in [0.15, 0.2) is 6.33 Å². The molecule has 1 unspecified atom stereocenters. The standard InChI is InChI=1S/C6H8BrN3/c7-5-1-2-6-8-4-9-10(6)3-5/h4-5H,1-3H2. The Morgan fingerprint density at radius 1 is 1.70 bits per heavy atom. The van der Waals surface area contributed by atoms with Crippen LogP contribution in [0.1, 0.15) is 12.2 Å². The number of halogens is 1. The maximum Gasteiger partial charge on any atom is 0.138 e. The molecular weight excluding hydrogens is 194 g/mol. The van der Waals surface area contributed by atoms with Gasteiger partial charge in [-0.25, -0.2) is 9.67 Å². The molecule has 2 rings (SSSR count). The molecule has 0 spiro atoms. The van der Waals surface area contributed by atoms with Crippen LogP contribution in [0.4, 0.5) is 0 Å². The van der Waals surface area contributed by atoms with Crippen molar-refractivity contribution >= 4 is 15.9 Å². The van der Waals surface area contributed by atoms with E-state index >= 15 is 0 Å². The molecule has 0 N–H and O–H groups in total. The maximum atomic E-state index is 4.12. The Bertz CT molecular complexity index is 233. The van der Waals surface area contributed by atoms with Crippen LogP contribution in [0.5, 0.6) is 0 Å². The number of alkyl halides is 1. The molecule has 3 nitrogen and oxygen atoms in total. The van der Waals surface area contributed by atoms with Crippen LogP contribution in [-0.2, 0) is 13.0 Å². The molecule has 1 aromatic heterocycles. The van der Waals surface area contributed by atoms with Crippen LogP contribution < -0.4 is 0 Å². The van der Waals surface area contributed by atoms with E-state index in [4.69, 9.17) is 0 Å². The molecule has 1 aromatic rings. The summed E-state index contributed by atoms with van der Waals surface area (Å²) in [5.41, 5.74) is 0. The van der Waals surface area contributed by atoms with Gasteiger partial charge in [0.1, 0.15) is 12.2 Å². The highest BCUT2D eigenvalue weighted by Gasteiger charge is 2.16. The molecule has 0 amide bonds. The molecule has 10 heavy (non-hydrogen) atoms. The Balaban J connectivity index is 2.30. The summed E-state index contributed by atoms with van der Waals surface area (Å²) in [6, 6.07) is 0. The van der Waals surface area contributed by atoms with E-state index in [9.17, 15) is 0 Å². The molecule has 0 bridgehead atoms. The molecule has 1 aliphatic rings. The van der Waals surface area contributed by atoms with Gasteiger partial charge in [0.25, 0.3) is 0 Å². The van der Waals surface area contributed by atoms with Crippen molar-refractivity contribution in [3.63, 3.8) is 0 Å². The minimum atomic E-state index is 0.585. The normalized spacial score (nSPS) is 24.3. The number of hydrogen-bond donors (Lipinski definition) is 0. The van der Waals surface area contributed by atoms with Gasteiger partial charge in [-0.15, -0.1) is 0 Å². The Morgan fingerprint density at radius 3 is 3.50 bits per heavy atom. The fraction of sp³-hybridized carbons (Fsp3) is 0.667. The van der Waals surface area contributed by atoms with Crippen LogP contribution in [-0.4, -0.2) is 19.6 Å². The van der Waals surface area contributed by atoms with Crippen molar-refractivity contribution in [2.75, 3.05) is 0 Å². The summed E-state index contributed by atoms with van der Waals surface area (Å²) in [7, 11) is 0. The van der Waals surface area contributed by atoms with Gasteiger partial charge >= 0.3 is 0 Å². The van der Waals surface area contributed by atoms with Gasteiger partial charge in [0.15, 0.2) is 0 Å². The van der Waals surface area contributed by atoms with Gasteiger partial charge in [0.2, 0.25) is 0 Å². The SMILES string of the molecule is BrC1CCc2ncnn2C1. The van der Waals surface area contributed by atoms with Crippen molar-refractivity contribution in [1.29, 1.82) is 0 Å². The molecule has 0 aromatic carbocycles. The Kier molecular flexibility index (Phi) is 1.48. The lowest BCUT2D eigenvalue weighted by molar-refractivity contribution is 0.496. The predicted octanol–water partition coefficient (Wildman–Crippen LogP) is 0.988. The average molecular weight is 202 g/mol. The Morgan fingerprint density at radius 2 is 2.60 bits per heavy atom. The zero-order chi connectivity index (χ0) is 6.97. The predicted molar refractivity (Wildman–Crippen MR) is 41.1 cm³/mol. The van der Waals surface area contributed by atoms with Gasteiger partial charge in [-0.05, 0) is 6.42 Å². The van der Waals surface area contributed by atoms with E-state index in [2.05, 4.69) is 26.0 Å². The average Bonchev–Trinajstić information content (AvgIpc) is 2.33. The topological polar surface area (TPSA) is 30.7 Å². The van der Waals surface area contributed by atoms with Crippen molar-refractivity contribution < 1.29 is 0 Å². The highest BCUT2D eigenvalue weighted by molar-refractivity contribution is 9.09. The fourth-order valence-electron chi connectivity index (χ4n) is 1.20. The van der Waals surface area contributed by atoms with E-state index < -0.39 is 0 Å². The molecule has 1 aliphatic heterocycles. The Hall–Kier alpha value is -0.380. The second kappa shape index (κ2) is 2.34. The van der Waals surface area contributed by atoms with E-state index in [1.54, 1.807) is 6.33 Å². The number of nitrogens with zero attached hydrogens (tertiary/aromatic N) is 3. The van der Waals surface area contributed by atoms with Gasteiger partial charge in [-0.3, -0.25) is 0 Å². The number of hydrogen-bond acceptors (Lipinski definition) is 2. The minimum absolute atomic E-state index is 0.585. The second-order valence-corrected chi connectivity index (χ2v) is 3.79. The van der Waals surface area contributed by atoms with Crippen LogP contribution in [0.3, 0.4) is 0 Å². The first-order valence-corrected chi connectivity index (χ1v) is 4.28. The van der Waals surface area contributed by atoms with Crippen LogP contribution in [0, 0.1) is 0 Å². The second-order valence-electron chi connectivity index (χ2n) is 2.49. The van der Waals surface area contributed by atoms with E-state index in [1.807, 2.05) is 4.68 Å². The third-order valence-corrected chi connectivity index (χ3v) is 2.50. The Labute approximate surface area is 67.6 Å². The molecule has 2 heterocycles. The maximum absolute atomic E-state index is 4.12. The summed E-state index contributed by atoms with van der Waals surface area (Å²) < 4.78 is 1.96. The van der Waals surface area contributed by atoms with Crippen molar-refractivity contribution in [3.05, 3.63) is 12.2 Å². The van der Waals surface area contributed by atoms with E-state index in [0.717, 1.165) is 18.8 Å². The molecule has 1 atom stereocenters. The number of rotatable bonds is 0. The molecule has 0 saturated carbocycles. The zero-order valence-electron chi connectivity index (χ0n) is 5.50. The van der Waals surface area contributed by atoms with Gasteiger partial charge in [0, 0.05) is 11.2 Å². The van der Waals surface area contributed by atoms with Crippen molar-refractivity contribution in [2.45, 2.75) is 24.2 Å². The highest BCUT2D eigenvalue weighted by Crippen LogP contribution is 2.16. The largest absolute Gasteiger partial charge is 0.249 e. The molecule has 0 fully saturated rings. The summed E-state index contributed by atoms with van der Waals surface area (Å²) in [6.45, 7) is 0.968. The zero-order valence-corrected chi connectivity index (χ0v) is 7.08. The molecule has 0 saturated heterocycles. The molecule has 0 radical (unpaired) electrons. The highest BCUT2D eigenvalue weighted by atomic mass is 79.9. The first-order valence-electron chi connectivity index (χ1n) is 3.37. The first kappa shape index (κ1) is 6.34. The molecule has 54 valence electrons. The van der Waals surface area contributed by atoms with Gasteiger partial charge < -0.3 is 0 Å². The lowest BCUT2D eigenvalue weighted by atomic mass is 10.2. The van der Waals surface area contributed by atoms with Crippen molar-refractivity contribution in [3.8, 4) is 0 Å². The monoisotopic (exact) mass is 201 g/mol. The fourth-order valence-corrected chi connectivity index (χ4v) is 1.70. The summed E-state index contributed by atoms with van der Waals surface area (Å²) in [5, 5.41) is 4.08. The minimum Gasteiger partial charge on any atom is -0.249 e. The van der Waals surface area contributed by atoms with E-state index in [0.29, 0.717) is 4.83 Å². The smallest absolute Gasteiger partial charge is 0.138 e. The number of aryl methyl sites for hydroxylation is 1. The van der Waals surface area contributed by atoms with Crippen LogP contribution >= 0.6 is 15.9 Å². The van der Waals surface area contributed by atoms with Crippen LogP contribution in [0.25, 0.3) is 0 Å². The number of aromatic nitrogens is 3. The lowest BCUT2D eigenvalue weighted by Crippen LogP contribution is -2.20. The van der Waals surface area contributed by atoms with E-state index in [-0.39, 0.29) is 0 Å². The quantitative estimate of drug-likeness (QED) is 0.587. The first-order chi connectivity index (χ1) is 4.86. The lowest BCUT2D eigenvalue weighted by Gasteiger charge is -2.16. The van der Waals surface area contributed by atoms with Crippen molar-refractivity contribution in [1.82, 2.24) is 14.8 Å². The van der Waals surface area contributed by atoms with Gasteiger partial charge in [-0.2, -0.15) is 5.10 Å². The summed E-state index contributed by atoms with van der Waals surface area (Å²) in [6.07, 6.45) is 3.86. The molecule has 0 aliphatic carbocycles. The van der Waals surface area contributed by atoms with Gasteiger partial charge in [0.05, 0.1) is 6.54 Å². The van der Waals surface area contributed by atoms with Gasteiger partial charge in [-0.1, -0.05) is 15.9 Å². The van der Waals surface area contributed by atoms with E-state index in [1.165, 1.54) is 6.42 Å². The summed E-state index contributed by atoms with van der Waals surface area (Å²) >= 11 is 3.55. The summed E-state index contributed by atoms with van der Waals surface area (Å²) in [5.74, 6) is 1.12. The van der Waals surface area contributed by atoms with Crippen LogP contribution in [0.2, 0.25) is 0 Å². The molecular formula is C6H8BrN3. The molecule has 4 heteroatoms. The third-order valence-electron chi connectivity index (χ3n) is 1.75. The van der Waals surface area contributed by atoms with Crippen molar-refractivity contribution in [2.24, 2.45) is 0 Å². The third kappa shape index (κ3) is 0.963. The number of fused-ring (bicyclic) bond motifs is 1.